The quantitative estimate of drug-likeness (QED) is 0.522. The highest BCUT2D eigenvalue weighted by atomic mass is 32.2. The smallest absolute Gasteiger partial charge is 0.326 e. The largest absolute Gasteiger partial charge is 0.488 e. The lowest BCUT2D eigenvalue weighted by Crippen LogP contribution is -2.34. The Kier molecular flexibility index (Phi) is 6.49. The number of imide groups is 1. The van der Waals surface area contributed by atoms with Gasteiger partial charge in [0.25, 0.3) is 11.1 Å². The number of ether oxygens (including phenoxy) is 2. The first-order valence-corrected chi connectivity index (χ1v) is 9.57. The van der Waals surface area contributed by atoms with Gasteiger partial charge in [-0.3, -0.25) is 19.3 Å². The van der Waals surface area contributed by atoms with Gasteiger partial charge in [-0.25, -0.2) is 0 Å². The first kappa shape index (κ1) is 19.7. The number of benzene rings is 2. The predicted molar refractivity (Wildman–Crippen MR) is 107 cm³/mol. The van der Waals surface area contributed by atoms with Crippen LogP contribution in [0.25, 0.3) is 6.08 Å². The molecule has 0 saturated carbocycles. The SMILES string of the molecule is CCOC(=O)CN1C(=O)SC(=Cc2ccccc2OCc2ccccc2)C1=O. The third-order valence-electron chi connectivity index (χ3n) is 3.91. The van der Waals surface area contributed by atoms with Crippen LogP contribution < -0.4 is 4.74 Å². The monoisotopic (exact) mass is 397 g/mol. The van der Waals surface area contributed by atoms with E-state index in [0.29, 0.717) is 17.9 Å². The number of amides is 2. The third-order valence-corrected chi connectivity index (χ3v) is 4.82. The minimum atomic E-state index is -0.613. The Morgan fingerprint density at radius 1 is 1.07 bits per heavy atom. The maximum absolute atomic E-state index is 12.5. The molecule has 1 fully saturated rings. The molecule has 1 aliphatic rings. The highest BCUT2D eigenvalue weighted by Crippen LogP contribution is 2.34. The number of esters is 1. The Labute approximate surface area is 167 Å². The molecule has 28 heavy (non-hydrogen) atoms. The minimum absolute atomic E-state index is 0.191. The Balaban J connectivity index is 1.75. The molecule has 0 radical (unpaired) electrons. The van der Waals surface area contributed by atoms with Crippen LogP contribution in [0.4, 0.5) is 4.79 Å². The van der Waals surface area contributed by atoms with Crippen LogP contribution in [0, 0.1) is 0 Å². The number of hydrogen-bond donors (Lipinski definition) is 0. The van der Waals surface area contributed by atoms with Crippen LogP contribution >= 0.6 is 11.8 Å². The van der Waals surface area contributed by atoms with Crippen molar-refractivity contribution in [3.05, 3.63) is 70.6 Å². The van der Waals surface area contributed by atoms with Gasteiger partial charge in [0.15, 0.2) is 0 Å². The summed E-state index contributed by atoms with van der Waals surface area (Å²) >= 11 is 0.795. The van der Waals surface area contributed by atoms with Crippen LogP contribution in [0.5, 0.6) is 5.75 Å². The molecule has 1 saturated heterocycles. The number of hydrogen-bond acceptors (Lipinski definition) is 6. The molecule has 1 heterocycles. The van der Waals surface area contributed by atoms with E-state index in [1.54, 1.807) is 25.1 Å². The fraction of sp³-hybridized carbons (Fsp3) is 0.190. The highest BCUT2D eigenvalue weighted by molar-refractivity contribution is 8.18. The van der Waals surface area contributed by atoms with Crippen LogP contribution in [0.1, 0.15) is 18.1 Å². The first-order valence-electron chi connectivity index (χ1n) is 8.75. The van der Waals surface area contributed by atoms with Gasteiger partial charge >= 0.3 is 5.97 Å². The van der Waals surface area contributed by atoms with Gasteiger partial charge < -0.3 is 9.47 Å². The van der Waals surface area contributed by atoms with E-state index >= 15 is 0 Å². The van der Waals surface area contributed by atoms with Crippen molar-refractivity contribution in [3.63, 3.8) is 0 Å². The standard InChI is InChI=1S/C21H19NO5S/c1-2-26-19(23)13-22-20(24)18(28-21(22)25)12-16-10-6-7-11-17(16)27-14-15-8-4-3-5-9-15/h3-12H,2,13-14H2,1H3. The lowest BCUT2D eigenvalue weighted by Gasteiger charge is -2.11. The summed E-state index contributed by atoms with van der Waals surface area (Å²) in [5.74, 6) is -0.526. The molecule has 7 heteroatoms. The van der Waals surface area contributed by atoms with Crippen LogP contribution in [0.2, 0.25) is 0 Å². The van der Waals surface area contributed by atoms with Crippen molar-refractivity contribution in [1.29, 1.82) is 0 Å². The topological polar surface area (TPSA) is 72.9 Å². The predicted octanol–water partition coefficient (Wildman–Crippen LogP) is 3.87. The fourth-order valence-electron chi connectivity index (χ4n) is 2.58. The minimum Gasteiger partial charge on any atom is -0.488 e. The summed E-state index contributed by atoms with van der Waals surface area (Å²) in [7, 11) is 0. The summed E-state index contributed by atoms with van der Waals surface area (Å²) in [4.78, 5) is 37.4. The van der Waals surface area contributed by atoms with Crippen molar-refractivity contribution in [3.8, 4) is 5.75 Å². The molecule has 0 atom stereocenters. The second kappa shape index (κ2) is 9.23. The molecule has 2 aromatic carbocycles. The number of rotatable bonds is 7. The first-order chi connectivity index (χ1) is 13.6. The van der Waals surface area contributed by atoms with Crippen molar-refractivity contribution in [2.75, 3.05) is 13.2 Å². The molecular formula is C21H19NO5S. The molecule has 3 rings (SSSR count). The number of para-hydroxylation sites is 1. The van der Waals surface area contributed by atoms with Crippen molar-refractivity contribution in [1.82, 2.24) is 4.90 Å². The fourth-order valence-corrected chi connectivity index (χ4v) is 3.41. The Morgan fingerprint density at radius 2 is 1.79 bits per heavy atom. The normalized spacial score (nSPS) is 15.2. The maximum atomic E-state index is 12.5. The molecule has 0 aliphatic carbocycles. The van der Waals surface area contributed by atoms with E-state index in [4.69, 9.17) is 9.47 Å². The highest BCUT2D eigenvalue weighted by Gasteiger charge is 2.36. The molecule has 0 spiro atoms. The van der Waals surface area contributed by atoms with E-state index in [-0.39, 0.29) is 18.1 Å². The molecule has 6 nitrogen and oxygen atoms in total. The number of carbonyl (C=O) groups is 3. The molecule has 0 aromatic heterocycles. The van der Waals surface area contributed by atoms with Gasteiger partial charge in [0, 0.05) is 5.56 Å². The van der Waals surface area contributed by atoms with E-state index in [9.17, 15) is 14.4 Å². The summed E-state index contributed by atoms with van der Waals surface area (Å²) in [5.41, 5.74) is 1.70. The maximum Gasteiger partial charge on any atom is 0.326 e. The molecule has 0 bridgehead atoms. The summed E-state index contributed by atoms with van der Waals surface area (Å²) < 4.78 is 10.7. The summed E-state index contributed by atoms with van der Waals surface area (Å²) in [6.07, 6.45) is 1.61. The van der Waals surface area contributed by atoms with Gasteiger partial charge in [-0.15, -0.1) is 0 Å². The van der Waals surface area contributed by atoms with Crippen molar-refractivity contribution in [2.24, 2.45) is 0 Å². The molecular weight excluding hydrogens is 378 g/mol. The zero-order chi connectivity index (χ0) is 19.9. The average molecular weight is 397 g/mol. The van der Waals surface area contributed by atoms with E-state index < -0.39 is 17.1 Å². The van der Waals surface area contributed by atoms with Crippen LogP contribution in [-0.2, 0) is 20.9 Å². The van der Waals surface area contributed by atoms with E-state index in [2.05, 4.69) is 0 Å². The van der Waals surface area contributed by atoms with E-state index in [1.807, 2.05) is 42.5 Å². The van der Waals surface area contributed by atoms with Crippen LogP contribution in [-0.4, -0.2) is 35.2 Å². The van der Waals surface area contributed by atoms with Crippen molar-refractivity contribution >= 4 is 35.0 Å². The Morgan fingerprint density at radius 3 is 2.54 bits per heavy atom. The van der Waals surface area contributed by atoms with E-state index in [0.717, 1.165) is 22.2 Å². The van der Waals surface area contributed by atoms with Gasteiger partial charge in [0.1, 0.15) is 18.9 Å². The molecule has 144 valence electrons. The van der Waals surface area contributed by atoms with Gasteiger partial charge in [-0.05, 0) is 36.4 Å². The lowest BCUT2D eigenvalue weighted by atomic mass is 10.1. The second-order valence-corrected chi connectivity index (χ2v) is 6.88. The van der Waals surface area contributed by atoms with E-state index in [1.165, 1.54) is 0 Å². The van der Waals surface area contributed by atoms with Crippen molar-refractivity contribution in [2.45, 2.75) is 13.5 Å². The number of nitrogens with zero attached hydrogens (tertiary/aromatic N) is 1. The zero-order valence-electron chi connectivity index (χ0n) is 15.3. The molecule has 0 N–H and O–H groups in total. The summed E-state index contributed by atoms with van der Waals surface area (Å²) in [5, 5.41) is -0.494. The molecule has 2 aromatic rings. The molecule has 2 amide bonds. The third kappa shape index (κ3) is 4.80. The van der Waals surface area contributed by atoms with Crippen LogP contribution in [0.15, 0.2) is 59.5 Å². The van der Waals surface area contributed by atoms with Gasteiger partial charge in [0.2, 0.25) is 0 Å². The second-order valence-electron chi connectivity index (χ2n) is 5.88. The Hall–Kier alpha value is -3.06. The molecule has 1 aliphatic heterocycles. The summed E-state index contributed by atoms with van der Waals surface area (Å²) in [6, 6.07) is 17.0. The average Bonchev–Trinajstić information content (AvgIpc) is 2.96. The van der Waals surface area contributed by atoms with Crippen molar-refractivity contribution < 1.29 is 23.9 Å². The van der Waals surface area contributed by atoms with Gasteiger partial charge in [-0.2, -0.15) is 0 Å². The van der Waals surface area contributed by atoms with Crippen LogP contribution in [0.3, 0.4) is 0 Å². The number of carbonyl (C=O) groups excluding carboxylic acids is 3. The van der Waals surface area contributed by atoms with Gasteiger partial charge in [0.05, 0.1) is 11.5 Å². The molecule has 0 unspecified atom stereocenters. The Bertz CT molecular complexity index is 910. The number of thioether (sulfide) groups is 1. The zero-order valence-corrected chi connectivity index (χ0v) is 16.1. The van der Waals surface area contributed by atoms with Gasteiger partial charge in [-0.1, -0.05) is 48.5 Å². The summed E-state index contributed by atoms with van der Waals surface area (Å²) in [6.45, 7) is 1.85. The lowest BCUT2D eigenvalue weighted by molar-refractivity contribution is -0.145.